The lowest BCUT2D eigenvalue weighted by Crippen LogP contribution is -1.92. The Morgan fingerprint density at radius 1 is 1.62 bits per heavy atom. The van der Waals surface area contributed by atoms with Crippen LogP contribution in [0.2, 0.25) is 0 Å². The second-order valence-corrected chi connectivity index (χ2v) is 2.98. The molecule has 0 saturated carbocycles. The smallest absolute Gasteiger partial charge is 0.233 e. The molecule has 0 aliphatic rings. The highest BCUT2D eigenvalue weighted by Crippen LogP contribution is 2.19. The maximum absolute atomic E-state index is 10.0. The summed E-state index contributed by atoms with van der Waals surface area (Å²) in [7, 11) is 0. The van der Waals surface area contributed by atoms with Gasteiger partial charge in [-0.1, -0.05) is 0 Å². The van der Waals surface area contributed by atoms with Crippen molar-refractivity contribution in [1.82, 2.24) is 4.98 Å². The lowest BCUT2D eigenvalue weighted by molar-refractivity contribution is 0.565. The van der Waals surface area contributed by atoms with Crippen LogP contribution in [-0.4, -0.2) is 11.1 Å². The van der Waals surface area contributed by atoms with Gasteiger partial charge in [0.15, 0.2) is 5.82 Å². The second-order valence-electron chi connectivity index (χ2n) is 2.71. The predicted molar refractivity (Wildman–Crippen MR) is 51.0 cm³/mol. The molecule has 0 aromatic carbocycles. The maximum atomic E-state index is 10.0. The van der Waals surface area contributed by atoms with Crippen LogP contribution in [0.25, 0.3) is 0 Å². The quantitative estimate of drug-likeness (QED) is 0.414. The van der Waals surface area contributed by atoms with E-state index in [1.54, 1.807) is 0 Å². The van der Waals surface area contributed by atoms with E-state index >= 15 is 0 Å². The largest absolute Gasteiger partial charge is 0.242 e. The van der Waals surface area contributed by atoms with Crippen LogP contribution in [0, 0.1) is 13.8 Å². The zero-order valence-corrected chi connectivity index (χ0v) is 8.22. The van der Waals surface area contributed by atoms with E-state index in [4.69, 9.17) is 11.6 Å². The van der Waals surface area contributed by atoms with Crippen LogP contribution >= 0.6 is 11.6 Å². The molecule has 0 aliphatic heterocycles. The van der Waals surface area contributed by atoms with Crippen LogP contribution in [0.5, 0.6) is 0 Å². The highest BCUT2D eigenvalue weighted by molar-refractivity contribution is 6.17. The van der Waals surface area contributed by atoms with E-state index in [0.717, 1.165) is 16.8 Å². The summed E-state index contributed by atoms with van der Waals surface area (Å²) in [5.74, 6) is 0.839. The van der Waals surface area contributed by atoms with Crippen molar-refractivity contribution in [2.75, 3.05) is 0 Å². The van der Waals surface area contributed by atoms with Gasteiger partial charge in [0.05, 0.1) is 0 Å². The summed E-state index contributed by atoms with van der Waals surface area (Å²) in [6.07, 6.45) is 1.47. The monoisotopic (exact) mass is 196 g/mol. The molecule has 3 nitrogen and oxygen atoms in total. The molecule has 1 rings (SSSR count). The van der Waals surface area contributed by atoms with E-state index in [-0.39, 0.29) is 0 Å². The molecule has 0 atom stereocenters. The lowest BCUT2D eigenvalue weighted by Gasteiger charge is -2.04. The first-order chi connectivity index (χ1) is 6.19. The minimum Gasteiger partial charge on any atom is -0.233 e. The highest BCUT2D eigenvalue weighted by atomic mass is 35.5. The van der Waals surface area contributed by atoms with Crippen molar-refractivity contribution in [1.29, 1.82) is 0 Å². The molecule has 0 fully saturated rings. The average molecular weight is 197 g/mol. The number of rotatable bonds is 2. The van der Waals surface area contributed by atoms with Gasteiger partial charge in [0.2, 0.25) is 6.08 Å². The number of carbonyl (C=O) groups excluding carboxylic acids is 1. The molecule has 1 aromatic heterocycles. The summed E-state index contributed by atoms with van der Waals surface area (Å²) in [4.78, 5) is 17.6. The molecule has 0 bridgehead atoms. The fourth-order valence-electron chi connectivity index (χ4n) is 1.04. The first-order valence-corrected chi connectivity index (χ1v) is 4.33. The Kier molecular flexibility index (Phi) is 3.18. The van der Waals surface area contributed by atoms with Crippen LogP contribution < -0.4 is 0 Å². The van der Waals surface area contributed by atoms with Crippen LogP contribution in [0.15, 0.2) is 11.1 Å². The van der Waals surface area contributed by atoms with Gasteiger partial charge < -0.3 is 0 Å². The van der Waals surface area contributed by atoms with Crippen LogP contribution in [0.1, 0.15) is 16.8 Å². The third kappa shape index (κ3) is 2.14. The van der Waals surface area contributed by atoms with E-state index in [2.05, 4.69) is 9.98 Å². The van der Waals surface area contributed by atoms with E-state index in [1.165, 1.54) is 6.08 Å². The molecule has 13 heavy (non-hydrogen) atoms. The molecule has 0 aliphatic carbocycles. The molecule has 4 heteroatoms. The topological polar surface area (TPSA) is 42.3 Å². The van der Waals surface area contributed by atoms with Crippen molar-refractivity contribution >= 4 is 23.5 Å². The Hall–Kier alpha value is -1.18. The number of hydrogen-bond donors (Lipinski definition) is 0. The second kappa shape index (κ2) is 4.17. The first-order valence-electron chi connectivity index (χ1n) is 3.80. The SMILES string of the molecule is Cc1cc(CCl)c(C)nc1N=C=O. The third-order valence-corrected chi connectivity index (χ3v) is 2.07. The van der Waals surface area contributed by atoms with Crippen molar-refractivity contribution in [2.45, 2.75) is 19.7 Å². The van der Waals surface area contributed by atoms with E-state index in [1.807, 2.05) is 19.9 Å². The molecule has 0 amide bonds. The van der Waals surface area contributed by atoms with Crippen LogP contribution in [-0.2, 0) is 10.7 Å². The summed E-state index contributed by atoms with van der Waals surface area (Å²) in [5, 5.41) is 0. The van der Waals surface area contributed by atoms with Gasteiger partial charge in [0, 0.05) is 11.6 Å². The normalized spacial score (nSPS) is 9.46. The third-order valence-electron chi connectivity index (χ3n) is 1.78. The van der Waals surface area contributed by atoms with Crippen molar-refractivity contribution in [2.24, 2.45) is 4.99 Å². The Balaban J connectivity index is 3.27. The molecule has 0 saturated heterocycles. The Bertz CT molecular complexity index is 370. The van der Waals surface area contributed by atoms with Crippen molar-refractivity contribution in [3.8, 4) is 0 Å². The van der Waals surface area contributed by atoms with E-state index in [9.17, 15) is 4.79 Å². The lowest BCUT2D eigenvalue weighted by atomic mass is 10.1. The number of aromatic nitrogens is 1. The molecule has 1 aromatic rings. The van der Waals surface area contributed by atoms with E-state index in [0.29, 0.717) is 11.7 Å². The number of alkyl halides is 1. The Morgan fingerprint density at radius 2 is 2.31 bits per heavy atom. The number of aliphatic imine (C=N–C) groups is 1. The molecule has 0 unspecified atom stereocenters. The van der Waals surface area contributed by atoms with E-state index < -0.39 is 0 Å². The van der Waals surface area contributed by atoms with Gasteiger partial charge in [-0.05, 0) is 31.0 Å². The molecular formula is C9H9ClN2O. The predicted octanol–water partition coefficient (Wildman–Crippen LogP) is 2.40. The first kappa shape index (κ1) is 9.90. The average Bonchev–Trinajstić information content (AvgIpc) is 2.11. The van der Waals surface area contributed by atoms with Gasteiger partial charge in [-0.2, -0.15) is 0 Å². The fraction of sp³-hybridized carbons (Fsp3) is 0.333. The minimum atomic E-state index is 0.418. The molecule has 0 radical (unpaired) electrons. The number of pyridine rings is 1. The Morgan fingerprint density at radius 3 is 2.85 bits per heavy atom. The van der Waals surface area contributed by atoms with Crippen molar-refractivity contribution in [3.63, 3.8) is 0 Å². The summed E-state index contributed by atoms with van der Waals surface area (Å²) >= 11 is 5.69. The molecule has 68 valence electrons. The number of nitrogens with zero attached hydrogens (tertiary/aromatic N) is 2. The van der Waals surface area contributed by atoms with Gasteiger partial charge in [-0.3, -0.25) is 0 Å². The number of halogens is 1. The van der Waals surface area contributed by atoms with Crippen LogP contribution in [0.3, 0.4) is 0 Å². The molecule has 0 spiro atoms. The minimum absolute atomic E-state index is 0.418. The standard InChI is InChI=1S/C9H9ClN2O/c1-6-3-8(4-10)7(2)12-9(6)11-5-13/h3H,4H2,1-2H3. The van der Waals surface area contributed by atoms with Crippen molar-refractivity contribution < 1.29 is 4.79 Å². The van der Waals surface area contributed by atoms with Gasteiger partial charge in [0.25, 0.3) is 0 Å². The van der Waals surface area contributed by atoms with Gasteiger partial charge in [0.1, 0.15) is 0 Å². The number of aryl methyl sites for hydroxylation is 2. The number of isocyanates is 1. The molecule has 1 heterocycles. The highest BCUT2D eigenvalue weighted by Gasteiger charge is 2.03. The zero-order valence-electron chi connectivity index (χ0n) is 7.47. The summed E-state index contributed by atoms with van der Waals surface area (Å²) < 4.78 is 0. The van der Waals surface area contributed by atoms with Crippen LogP contribution in [0.4, 0.5) is 5.82 Å². The van der Waals surface area contributed by atoms with Gasteiger partial charge in [-0.15, -0.1) is 16.6 Å². The summed E-state index contributed by atoms with van der Waals surface area (Å²) in [6.45, 7) is 3.67. The zero-order chi connectivity index (χ0) is 9.84. The van der Waals surface area contributed by atoms with Gasteiger partial charge in [-0.25, -0.2) is 9.78 Å². The summed E-state index contributed by atoms with van der Waals surface area (Å²) in [5.41, 5.74) is 2.60. The van der Waals surface area contributed by atoms with Crippen molar-refractivity contribution in [3.05, 3.63) is 22.9 Å². The summed E-state index contributed by atoms with van der Waals surface area (Å²) in [6, 6.07) is 1.88. The number of hydrogen-bond acceptors (Lipinski definition) is 3. The molecule has 0 N–H and O–H groups in total. The van der Waals surface area contributed by atoms with Gasteiger partial charge >= 0.3 is 0 Å². The Labute approximate surface area is 81.5 Å². The fourth-order valence-corrected chi connectivity index (χ4v) is 1.31. The molecular weight excluding hydrogens is 188 g/mol. The maximum Gasteiger partial charge on any atom is 0.242 e.